The Morgan fingerprint density at radius 3 is 2.00 bits per heavy atom. The number of methoxy groups -OCH3 is 2. The second kappa shape index (κ2) is 6.56. The van der Waals surface area contributed by atoms with Gasteiger partial charge in [-0.2, -0.15) is 0 Å². The van der Waals surface area contributed by atoms with Gasteiger partial charge in [-0.3, -0.25) is 14.4 Å². The second-order valence-corrected chi connectivity index (χ2v) is 4.70. The summed E-state index contributed by atoms with van der Waals surface area (Å²) >= 11 is 0. The Labute approximate surface area is 122 Å². The molecule has 5 nitrogen and oxygen atoms in total. The number of ketones is 3. The molecule has 0 heterocycles. The van der Waals surface area contributed by atoms with Crippen molar-refractivity contribution < 1.29 is 23.9 Å². The molecule has 1 aliphatic carbocycles. The maximum absolute atomic E-state index is 12.1. The van der Waals surface area contributed by atoms with Crippen molar-refractivity contribution in [2.24, 2.45) is 5.92 Å². The molecule has 0 spiro atoms. The summed E-state index contributed by atoms with van der Waals surface area (Å²) in [6.45, 7) is 0. The molecular formula is C16H16O5. The van der Waals surface area contributed by atoms with Crippen molar-refractivity contribution in [3.8, 4) is 0 Å². The highest BCUT2D eigenvalue weighted by Crippen LogP contribution is 2.25. The molecule has 1 aromatic carbocycles. The Kier molecular flexibility index (Phi) is 4.77. The lowest BCUT2D eigenvalue weighted by Crippen LogP contribution is -2.32. The number of rotatable bonds is 5. The molecule has 1 aromatic rings. The van der Waals surface area contributed by atoms with Gasteiger partial charge in [0.25, 0.3) is 0 Å². The molecule has 0 aliphatic heterocycles. The van der Waals surface area contributed by atoms with Crippen LogP contribution in [0.15, 0.2) is 36.4 Å². The van der Waals surface area contributed by atoms with E-state index in [1.165, 1.54) is 20.3 Å². The van der Waals surface area contributed by atoms with Crippen LogP contribution in [0.2, 0.25) is 0 Å². The largest absolute Gasteiger partial charge is 0.370 e. The molecule has 0 amide bonds. The van der Waals surface area contributed by atoms with Crippen LogP contribution in [0, 0.1) is 5.92 Å². The minimum absolute atomic E-state index is 0.544. The molecule has 1 aliphatic rings. The van der Waals surface area contributed by atoms with Crippen LogP contribution in [0.5, 0.6) is 0 Å². The summed E-state index contributed by atoms with van der Waals surface area (Å²) in [6.07, 6.45) is 0.800. The number of ether oxygens (including phenoxy) is 2. The number of Topliss-reactive ketones (excluding diaryl/α,β-unsaturated/α-hetero) is 2. The molecular weight excluding hydrogens is 272 g/mol. The first-order chi connectivity index (χ1) is 10.1. The van der Waals surface area contributed by atoms with Gasteiger partial charge in [0.05, 0.1) is 0 Å². The van der Waals surface area contributed by atoms with Crippen LogP contribution in [0.4, 0.5) is 0 Å². The topological polar surface area (TPSA) is 69.7 Å². The number of hydrogen-bond acceptors (Lipinski definition) is 5. The second-order valence-electron chi connectivity index (χ2n) is 4.70. The first kappa shape index (κ1) is 15.3. The zero-order chi connectivity index (χ0) is 15.4. The highest BCUT2D eigenvalue weighted by molar-refractivity contribution is 6.29. The summed E-state index contributed by atoms with van der Waals surface area (Å²) < 4.78 is 9.94. The zero-order valence-electron chi connectivity index (χ0n) is 11.8. The van der Waals surface area contributed by atoms with Crippen LogP contribution in [0.1, 0.15) is 5.56 Å². The fourth-order valence-electron chi connectivity index (χ4n) is 2.37. The smallest absolute Gasteiger partial charge is 0.183 e. The van der Waals surface area contributed by atoms with E-state index in [2.05, 4.69) is 0 Å². The van der Waals surface area contributed by atoms with Crippen LogP contribution in [-0.2, 0) is 23.9 Å². The summed E-state index contributed by atoms with van der Waals surface area (Å²) in [5, 5.41) is 0. The van der Waals surface area contributed by atoms with Gasteiger partial charge in [0.1, 0.15) is 18.1 Å². The molecule has 5 heteroatoms. The van der Waals surface area contributed by atoms with Crippen molar-refractivity contribution in [3.05, 3.63) is 42.0 Å². The third kappa shape index (κ3) is 2.99. The molecule has 0 aromatic heterocycles. The predicted molar refractivity (Wildman–Crippen MR) is 75.6 cm³/mol. The summed E-state index contributed by atoms with van der Waals surface area (Å²) in [6, 6.07) is 9.15. The Morgan fingerprint density at radius 2 is 1.52 bits per heavy atom. The molecule has 1 saturated carbocycles. The van der Waals surface area contributed by atoms with Crippen LogP contribution in [-0.4, -0.2) is 43.8 Å². The van der Waals surface area contributed by atoms with E-state index >= 15 is 0 Å². The van der Waals surface area contributed by atoms with Gasteiger partial charge >= 0.3 is 0 Å². The number of carbonyl (C=O) groups is 3. The Morgan fingerprint density at radius 1 is 1.00 bits per heavy atom. The summed E-state index contributed by atoms with van der Waals surface area (Å²) in [5.41, 5.74) is 0.815. The molecule has 0 radical (unpaired) electrons. The normalized spacial score (nSPS) is 25.7. The van der Waals surface area contributed by atoms with Crippen molar-refractivity contribution in [2.45, 2.75) is 12.2 Å². The first-order valence-electron chi connectivity index (χ1n) is 6.50. The lowest BCUT2D eigenvalue weighted by atomic mass is 9.99. The minimum Gasteiger partial charge on any atom is -0.370 e. The van der Waals surface area contributed by atoms with Crippen LogP contribution < -0.4 is 0 Å². The van der Waals surface area contributed by atoms with Crippen molar-refractivity contribution >= 4 is 23.4 Å². The molecule has 21 heavy (non-hydrogen) atoms. The van der Waals surface area contributed by atoms with E-state index in [-0.39, 0.29) is 0 Å². The van der Waals surface area contributed by atoms with E-state index < -0.39 is 35.5 Å². The Balaban J connectivity index is 2.17. The van der Waals surface area contributed by atoms with Gasteiger partial charge in [-0.15, -0.1) is 0 Å². The molecule has 110 valence electrons. The summed E-state index contributed by atoms with van der Waals surface area (Å²) in [7, 11) is 2.63. The minimum atomic E-state index is -1.33. The maximum Gasteiger partial charge on any atom is 0.183 e. The average Bonchev–Trinajstić information content (AvgIpc) is 2.75. The highest BCUT2D eigenvalue weighted by atomic mass is 16.5. The number of allylic oxidation sites excluding steroid dienone is 1. The summed E-state index contributed by atoms with van der Waals surface area (Å²) in [4.78, 5) is 36.3. The SMILES string of the molecule is COC1C(=O)C(C(=O)/C=C/c2ccccc2)C(=O)C1OC. The monoisotopic (exact) mass is 288 g/mol. The standard InChI is InChI=1S/C16H16O5/c1-20-15-13(18)12(14(19)16(15)21-2)11(17)9-8-10-6-4-3-5-7-10/h3-9,12,15-16H,1-2H3/b9-8+. The van der Waals surface area contributed by atoms with Gasteiger partial charge in [-0.1, -0.05) is 36.4 Å². The molecule has 1 fully saturated rings. The third-order valence-electron chi connectivity index (χ3n) is 3.44. The lowest BCUT2D eigenvalue weighted by Gasteiger charge is -2.12. The highest BCUT2D eigenvalue weighted by Gasteiger charge is 2.52. The Bertz CT molecular complexity index is 554. The molecule has 0 saturated heterocycles. The molecule has 2 unspecified atom stereocenters. The van der Waals surface area contributed by atoms with Crippen LogP contribution >= 0.6 is 0 Å². The van der Waals surface area contributed by atoms with Crippen molar-refractivity contribution in [2.75, 3.05) is 14.2 Å². The molecule has 0 bridgehead atoms. The lowest BCUT2D eigenvalue weighted by molar-refractivity contribution is -0.136. The van der Waals surface area contributed by atoms with Gasteiger partial charge in [-0.25, -0.2) is 0 Å². The molecule has 2 rings (SSSR count). The molecule has 0 N–H and O–H groups in total. The van der Waals surface area contributed by atoms with Gasteiger partial charge in [0.15, 0.2) is 17.3 Å². The van der Waals surface area contributed by atoms with E-state index in [4.69, 9.17) is 9.47 Å². The van der Waals surface area contributed by atoms with Gasteiger partial charge in [-0.05, 0) is 11.6 Å². The predicted octanol–water partition coefficient (Wildman–Crippen LogP) is 1.07. The maximum atomic E-state index is 12.1. The third-order valence-corrected chi connectivity index (χ3v) is 3.44. The van der Waals surface area contributed by atoms with E-state index in [9.17, 15) is 14.4 Å². The number of benzene rings is 1. The van der Waals surface area contributed by atoms with Crippen LogP contribution in [0.3, 0.4) is 0 Å². The quantitative estimate of drug-likeness (QED) is 0.598. The summed E-state index contributed by atoms with van der Waals surface area (Å²) in [5.74, 6) is -2.97. The fraction of sp³-hybridized carbons (Fsp3) is 0.312. The van der Waals surface area contributed by atoms with E-state index in [0.717, 1.165) is 5.56 Å². The van der Waals surface area contributed by atoms with Crippen molar-refractivity contribution in [1.29, 1.82) is 0 Å². The Hall–Kier alpha value is -2.11. The number of carbonyl (C=O) groups excluding carboxylic acids is 3. The van der Waals surface area contributed by atoms with Crippen molar-refractivity contribution in [1.82, 2.24) is 0 Å². The van der Waals surface area contributed by atoms with Gasteiger partial charge < -0.3 is 9.47 Å². The molecule has 2 atom stereocenters. The van der Waals surface area contributed by atoms with E-state index in [0.29, 0.717) is 0 Å². The first-order valence-corrected chi connectivity index (χ1v) is 6.50. The van der Waals surface area contributed by atoms with Crippen LogP contribution in [0.25, 0.3) is 6.08 Å². The van der Waals surface area contributed by atoms with E-state index in [1.54, 1.807) is 6.08 Å². The van der Waals surface area contributed by atoms with Gasteiger partial charge in [0, 0.05) is 14.2 Å². The van der Waals surface area contributed by atoms with E-state index in [1.807, 2.05) is 30.3 Å². The average molecular weight is 288 g/mol. The van der Waals surface area contributed by atoms with Gasteiger partial charge in [0.2, 0.25) is 0 Å². The number of hydrogen-bond donors (Lipinski definition) is 0. The zero-order valence-corrected chi connectivity index (χ0v) is 11.8. The fourth-order valence-corrected chi connectivity index (χ4v) is 2.37. The van der Waals surface area contributed by atoms with Crippen molar-refractivity contribution in [3.63, 3.8) is 0 Å².